The van der Waals surface area contributed by atoms with Gasteiger partial charge in [-0.2, -0.15) is 0 Å². The molecule has 3 N–H and O–H groups in total. The molecule has 0 spiro atoms. The minimum atomic E-state index is -2.12. The van der Waals surface area contributed by atoms with Crippen molar-refractivity contribution >= 4 is 14.4 Å². The summed E-state index contributed by atoms with van der Waals surface area (Å²) in [7, 11) is -2.12. The van der Waals surface area contributed by atoms with E-state index < -0.39 is 51.2 Å². The molecule has 0 radical (unpaired) electrons. The molecule has 3 rings (SSSR count). The van der Waals surface area contributed by atoms with Crippen LogP contribution in [0.2, 0.25) is 18.1 Å². The number of terminal acetylenes is 1. The number of aliphatic hydroxyl groups excluding tert-OH is 3. The Bertz CT molecular complexity index is 872. The number of rotatable bonds is 7. The van der Waals surface area contributed by atoms with Crippen LogP contribution >= 0.6 is 0 Å². The lowest BCUT2D eigenvalue weighted by Crippen LogP contribution is -2.61. The number of ether oxygens (including phenoxy) is 3. The van der Waals surface area contributed by atoms with Crippen LogP contribution in [0.15, 0.2) is 30.3 Å². The average Bonchev–Trinajstić information content (AvgIpc) is 2.76. The first-order valence-electron chi connectivity index (χ1n) is 11.3. The summed E-state index contributed by atoms with van der Waals surface area (Å²) in [5, 5.41) is 32.8. The standard InChI is InChI=1S/C25H36O7Si/c1-7-14-29-24-22(28)23(21(27)19(32-24)15-30-33(5,6)25(2,3)4)31-18-13-12-16-10-8-9-11-17(16)20(18)26/h1,8-13,18-24,26-28H,14-15H2,2-6H3/t18-,19-,20-,21-,22+,23+,24+/m1/s1. The zero-order chi connectivity index (χ0) is 24.4. The van der Waals surface area contributed by atoms with Gasteiger partial charge in [-0.05, 0) is 29.3 Å². The molecule has 0 aromatic heterocycles. The Kier molecular flexibility index (Phi) is 8.20. The summed E-state index contributed by atoms with van der Waals surface area (Å²) in [6.45, 7) is 10.6. The molecule has 8 heteroatoms. The maximum atomic E-state index is 11.1. The Labute approximate surface area is 197 Å². The molecule has 182 valence electrons. The van der Waals surface area contributed by atoms with E-state index in [9.17, 15) is 15.3 Å². The van der Waals surface area contributed by atoms with Crippen molar-refractivity contribution in [1.82, 2.24) is 0 Å². The molecule has 0 unspecified atom stereocenters. The van der Waals surface area contributed by atoms with E-state index in [4.69, 9.17) is 25.1 Å². The Balaban J connectivity index is 1.78. The number of aliphatic hydroxyl groups is 3. The number of hydrogen-bond donors (Lipinski definition) is 3. The van der Waals surface area contributed by atoms with Gasteiger partial charge in [0, 0.05) is 0 Å². The minimum Gasteiger partial charge on any atom is -0.414 e. The van der Waals surface area contributed by atoms with Gasteiger partial charge in [0.15, 0.2) is 14.6 Å². The third kappa shape index (κ3) is 5.76. The lowest BCUT2D eigenvalue weighted by atomic mass is 9.92. The molecule has 1 aromatic carbocycles. The number of hydrogen-bond acceptors (Lipinski definition) is 7. The highest BCUT2D eigenvalue weighted by atomic mass is 28.4. The van der Waals surface area contributed by atoms with E-state index in [-0.39, 0.29) is 18.3 Å². The Morgan fingerprint density at radius 1 is 1.12 bits per heavy atom. The summed E-state index contributed by atoms with van der Waals surface area (Å²) >= 11 is 0. The molecular weight excluding hydrogens is 440 g/mol. The lowest BCUT2D eigenvalue weighted by molar-refractivity contribution is -0.310. The molecule has 0 saturated carbocycles. The molecule has 7 atom stereocenters. The number of benzene rings is 1. The highest BCUT2D eigenvalue weighted by molar-refractivity contribution is 6.74. The average molecular weight is 477 g/mol. The fourth-order valence-electron chi connectivity index (χ4n) is 3.69. The third-order valence-corrected chi connectivity index (χ3v) is 11.3. The molecule has 0 amide bonds. The first kappa shape index (κ1) is 26.1. The van der Waals surface area contributed by atoms with E-state index in [0.717, 1.165) is 11.1 Å². The van der Waals surface area contributed by atoms with Gasteiger partial charge in [-0.15, -0.1) is 6.42 Å². The molecule has 7 nitrogen and oxygen atoms in total. The molecule has 1 fully saturated rings. The van der Waals surface area contributed by atoms with Crippen LogP contribution in [-0.2, 0) is 18.6 Å². The van der Waals surface area contributed by atoms with Crippen LogP contribution in [0.25, 0.3) is 6.08 Å². The second-order valence-electron chi connectivity index (χ2n) is 10.1. The third-order valence-electron chi connectivity index (χ3n) is 6.79. The van der Waals surface area contributed by atoms with Crippen molar-refractivity contribution in [2.45, 2.75) is 81.8 Å². The molecule has 33 heavy (non-hydrogen) atoms. The fraction of sp³-hybridized carbons (Fsp3) is 0.600. The molecule has 1 aliphatic carbocycles. The second kappa shape index (κ2) is 10.4. The lowest BCUT2D eigenvalue weighted by Gasteiger charge is -2.45. The monoisotopic (exact) mass is 476 g/mol. The molecule has 1 aliphatic heterocycles. The van der Waals surface area contributed by atoms with E-state index in [1.54, 1.807) is 6.08 Å². The highest BCUT2D eigenvalue weighted by Crippen LogP contribution is 2.38. The summed E-state index contributed by atoms with van der Waals surface area (Å²) in [6, 6.07) is 7.46. The Morgan fingerprint density at radius 2 is 1.82 bits per heavy atom. The number of fused-ring (bicyclic) bond motifs is 1. The first-order valence-corrected chi connectivity index (χ1v) is 14.2. The maximum absolute atomic E-state index is 11.1. The topological polar surface area (TPSA) is 97.6 Å². The minimum absolute atomic E-state index is 0.0220. The van der Waals surface area contributed by atoms with Crippen molar-refractivity contribution in [3.8, 4) is 12.3 Å². The van der Waals surface area contributed by atoms with Gasteiger partial charge in [0.05, 0.1) is 6.61 Å². The maximum Gasteiger partial charge on any atom is 0.192 e. The van der Waals surface area contributed by atoms with Gasteiger partial charge in [0.2, 0.25) is 0 Å². The first-order chi connectivity index (χ1) is 15.5. The van der Waals surface area contributed by atoms with Crippen LogP contribution in [0.4, 0.5) is 0 Å². The van der Waals surface area contributed by atoms with Crippen molar-refractivity contribution in [2.24, 2.45) is 0 Å². The summed E-state index contributed by atoms with van der Waals surface area (Å²) < 4.78 is 23.7. The van der Waals surface area contributed by atoms with Gasteiger partial charge in [0.1, 0.15) is 43.2 Å². The van der Waals surface area contributed by atoms with Crippen molar-refractivity contribution in [3.63, 3.8) is 0 Å². The molecular formula is C25H36O7Si. The van der Waals surface area contributed by atoms with E-state index >= 15 is 0 Å². The van der Waals surface area contributed by atoms with Gasteiger partial charge in [-0.3, -0.25) is 0 Å². The van der Waals surface area contributed by atoms with Crippen molar-refractivity contribution in [1.29, 1.82) is 0 Å². The predicted molar refractivity (Wildman–Crippen MR) is 128 cm³/mol. The highest BCUT2D eigenvalue weighted by Gasteiger charge is 2.48. The van der Waals surface area contributed by atoms with E-state index in [1.165, 1.54) is 0 Å². The summed E-state index contributed by atoms with van der Waals surface area (Å²) in [5.74, 6) is 2.36. The molecule has 1 heterocycles. The van der Waals surface area contributed by atoms with Gasteiger partial charge < -0.3 is 34.0 Å². The molecule has 1 aromatic rings. The van der Waals surface area contributed by atoms with Crippen LogP contribution in [0.3, 0.4) is 0 Å². The quantitative estimate of drug-likeness (QED) is 0.411. The van der Waals surface area contributed by atoms with E-state index in [1.807, 2.05) is 30.3 Å². The predicted octanol–water partition coefficient (Wildman–Crippen LogP) is 2.62. The summed E-state index contributed by atoms with van der Waals surface area (Å²) in [6.07, 6.45) is 1.70. The van der Waals surface area contributed by atoms with E-state index in [2.05, 4.69) is 39.8 Å². The van der Waals surface area contributed by atoms with Gasteiger partial charge >= 0.3 is 0 Å². The van der Waals surface area contributed by atoms with Gasteiger partial charge in [-0.1, -0.05) is 63.1 Å². The van der Waals surface area contributed by atoms with Gasteiger partial charge in [-0.25, -0.2) is 0 Å². The van der Waals surface area contributed by atoms with Crippen molar-refractivity contribution in [3.05, 3.63) is 41.5 Å². The normalized spacial score (nSPS) is 32.3. The SMILES string of the molecule is C#CCO[C@H]1O[C@H](CO[Si](C)(C)C(C)(C)C)[C@@H](O)[C@H](O[C@@H]2C=Cc3ccccc3[C@H]2O)[C@@H]1O. The Morgan fingerprint density at radius 3 is 2.48 bits per heavy atom. The molecule has 1 saturated heterocycles. The summed E-state index contributed by atoms with van der Waals surface area (Å²) in [4.78, 5) is 0. The van der Waals surface area contributed by atoms with Crippen LogP contribution in [0.5, 0.6) is 0 Å². The second-order valence-corrected chi connectivity index (χ2v) is 14.9. The van der Waals surface area contributed by atoms with Crippen molar-refractivity contribution in [2.75, 3.05) is 13.2 Å². The van der Waals surface area contributed by atoms with Crippen LogP contribution < -0.4 is 0 Å². The zero-order valence-electron chi connectivity index (χ0n) is 20.0. The fourth-order valence-corrected chi connectivity index (χ4v) is 4.70. The molecule has 0 bridgehead atoms. The van der Waals surface area contributed by atoms with Crippen LogP contribution in [0, 0.1) is 12.3 Å². The van der Waals surface area contributed by atoms with Crippen LogP contribution in [0.1, 0.15) is 38.0 Å². The van der Waals surface area contributed by atoms with E-state index in [0.29, 0.717) is 0 Å². The van der Waals surface area contributed by atoms with Crippen LogP contribution in [-0.4, -0.2) is 73.7 Å². The van der Waals surface area contributed by atoms with Gasteiger partial charge in [0.25, 0.3) is 0 Å². The summed E-state index contributed by atoms with van der Waals surface area (Å²) in [5.41, 5.74) is 1.62. The zero-order valence-corrected chi connectivity index (χ0v) is 21.0. The smallest absolute Gasteiger partial charge is 0.192 e. The Hall–Kier alpha value is -1.54. The van der Waals surface area contributed by atoms with Crippen molar-refractivity contribution < 1.29 is 34.0 Å². The largest absolute Gasteiger partial charge is 0.414 e. The molecule has 2 aliphatic rings.